The van der Waals surface area contributed by atoms with Crippen molar-refractivity contribution in [3.8, 4) is 6.07 Å². The Morgan fingerprint density at radius 2 is 1.61 bits per heavy atom. The Morgan fingerprint density at radius 1 is 0.955 bits per heavy atom. The number of carboxylic acids is 1. The van der Waals surface area contributed by atoms with E-state index in [2.05, 4.69) is 33.8 Å². The Hall–Kier alpha value is -3.53. The monoisotopic (exact) mass is 599 g/mol. The van der Waals surface area contributed by atoms with Gasteiger partial charge in [0.05, 0.1) is 23.7 Å². The fourth-order valence-electron chi connectivity index (χ4n) is 10.0. The first kappa shape index (κ1) is 31.9. The summed E-state index contributed by atoms with van der Waals surface area (Å²) < 4.78 is 5.36. The van der Waals surface area contributed by atoms with Crippen molar-refractivity contribution in [2.75, 3.05) is 7.11 Å². The predicted octanol–water partition coefficient (Wildman–Crippen LogP) is 6.98. The first-order valence-corrected chi connectivity index (χ1v) is 16.0. The van der Waals surface area contributed by atoms with Crippen molar-refractivity contribution in [2.45, 2.75) is 79.6 Å². The van der Waals surface area contributed by atoms with E-state index in [1.165, 1.54) is 7.11 Å². The van der Waals surface area contributed by atoms with Gasteiger partial charge in [0.15, 0.2) is 11.6 Å². The van der Waals surface area contributed by atoms with Crippen LogP contribution in [0.15, 0.2) is 53.6 Å². The number of carbonyl (C=O) groups is 4. The minimum Gasteiger partial charge on any atom is -0.478 e. The van der Waals surface area contributed by atoms with Gasteiger partial charge in [-0.15, -0.1) is 0 Å². The molecule has 0 aliphatic heterocycles. The second-order valence-electron chi connectivity index (χ2n) is 15.1. The van der Waals surface area contributed by atoms with Crippen LogP contribution in [-0.2, 0) is 19.1 Å². The summed E-state index contributed by atoms with van der Waals surface area (Å²) in [5.74, 6) is -1.10. The number of allylic oxidation sites excluding steroid dienone is 4. The van der Waals surface area contributed by atoms with Crippen LogP contribution in [0.1, 0.15) is 89.9 Å². The molecule has 7 nitrogen and oxygen atoms in total. The molecule has 3 fully saturated rings. The lowest BCUT2D eigenvalue weighted by Crippen LogP contribution is -2.61. The summed E-state index contributed by atoms with van der Waals surface area (Å²) in [5, 5.41) is 18.1. The van der Waals surface area contributed by atoms with Gasteiger partial charge in [0.25, 0.3) is 0 Å². The molecule has 0 saturated heterocycles. The van der Waals surface area contributed by atoms with Gasteiger partial charge >= 0.3 is 11.9 Å². The van der Waals surface area contributed by atoms with Gasteiger partial charge in [0.1, 0.15) is 6.07 Å². The lowest BCUT2D eigenvalue weighted by atomic mass is 9.39. The van der Waals surface area contributed by atoms with Gasteiger partial charge in [-0.3, -0.25) is 14.4 Å². The van der Waals surface area contributed by atoms with E-state index in [0.29, 0.717) is 5.56 Å². The van der Waals surface area contributed by atoms with Crippen molar-refractivity contribution in [1.82, 2.24) is 0 Å². The van der Waals surface area contributed by atoms with E-state index in [0.717, 1.165) is 50.5 Å². The first-order chi connectivity index (χ1) is 20.6. The summed E-state index contributed by atoms with van der Waals surface area (Å²) in [6, 6.07) is 10.4. The van der Waals surface area contributed by atoms with E-state index in [1.807, 2.05) is 19.1 Å². The molecule has 8 unspecified atom stereocenters. The molecule has 0 bridgehead atoms. The standard InChI is InChI=1S/C30H39NO4.C7H6O2/c1-17-19-7-9-28(4)20-8-10-30(26(34)35-6)12-11-27(2,3)15-21(30)24(20)22(32)13-23(28)29(19,5)14-18(16-31)25(17)33;8-7(9)6-4-2-1-3-5-6/h13-14,17,19-21,24H,7-12,15H2,1-6H3;1-5H,(H,8,9). The normalized spacial score (nSPS) is 38.4. The number of ether oxygens (including phenoxy) is 1. The van der Waals surface area contributed by atoms with Gasteiger partial charge < -0.3 is 9.84 Å². The molecule has 0 aromatic heterocycles. The molecule has 6 rings (SSSR count). The molecule has 234 valence electrons. The number of Topliss-reactive ketones (excluding diaryl/α,β-unsaturated/α-hetero) is 1. The Morgan fingerprint density at radius 3 is 2.20 bits per heavy atom. The summed E-state index contributed by atoms with van der Waals surface area (Å²) >= 11 is 0. The number of carbonyl (C=O) groups excluding carboxylic acids is 3. The van der Waals surface area contributed by atoms with Crippen LogP contribution in [0.4, 0.5) is 0 Å². The zero-order valence-electron chi connectivity index (χ0n) is 26.8. The van der Waals surface area contributed by atoms with Crippen molar-refractivity contribution < 1.29 is 29.0 Å². The number of methoxy groups -OCH3 is 1. The van der Waals surface area contributed by atoms with Crippen molar-refractivity contribution in [3.63, 3.8) is 0 Å². The Kier molecular flexibility index (Phi) is 8.06. The summed E-state index contributed by atoms with van der Waals surface area (Å²) in [6.45, 7) is 10.9. The molecule has 0 heterocycles. The fourth-order valence-corrected chi connectivity index (χ4v) is 10.0. The molecule has 5 aliphatic carbocycles. The van der Waals surface area contributed by atoms with Gasteiger partial charge in [-0.2, -0.15) is 5.26 Å². The van der Waals surface area contributed by atoms with E-state index in [4.69, 9.17) is 9.84 Å². The smallest absolute Gasteiger partial charge is 0.335 e. The SMILES string of the molecule is COC(=O)C12CCC3C(C(=O)C=C4C5(C)C=C(C#N)C(=O)C(C)C5CCC43C)C1CC(C)(C)CC2.O=C(O)c1ccccc1. The fraction of sp³-hybridized carbons (Fsp3) is 0.595. The van der Waals surface area contributed by atoms with E-state index in [-0.39, 0.29) is 63.5 Å². The highest BCUT2D eigenvalue weighted by atomic mass is 16.5. The van der Waals surface area contributed by atoms with Crippen molar-refractivity contribution in [3.05, 3.63) is 59.2 Å². The number of hydrogen-bond acceptors (Lipinski definition) is 6. The third kappa shape index (κ3) is 4.86. The maximum atomic E-state index is 14.1. The summed E-state index contributed by atoms with van der Waals surface area (Å²) in [6.07, 6.45) is 9.82. The van der Waals surface area contributed by atoms with Crippen LogP contribution in [0.25, 0.3) is 0 Å². The molecule has 3 saturated carbocycles. The molecule has 0 spiro atoms. The number of hydrogen-bond donors (Lipinski definition) is 1. The van der Waals surface area contributed by atoms with E-state index >= 15 is 0 Å². The second-order valence-corrected chi connectivity index (χ2v) is 15.1. The third-order valence-electron chi connectivity index (χ3n) is 12.3. The van der Waals surface area contributed by atoms with Gasteiger partial charge in [0, 0.05) is 17.3 Å². The molecule has 1 aromatic rings. The van der Waals surface area contributed by atoms with E-state index in [1.54, 1.807) is 30.3 Å². The Bertz CT molecular complexity index is 1480. The highest BCUT2D eigenvalue weighted by Gasteiger charge is 2.66. The largest absolute Gasteiger partial charge is 0.478 e. The van der Waals surface area contributed by atoms with Gasteiger partial charge in [-0.05, 0) is 91.7 Å². The van der Waals surface area contributed by atoms with E-state index < -0.39 is 16.8 Å². The lowest BCUT2D eigenvalue weighted by molar-refractivity contribution is -0.177. The van der Waals surface area contributed by atoms with Crippen LogP contribution in [0.2, 0.25) is 0 Å². The van der Waals surface area contributed by atoms with Crippen molar-refractivity contribution in [1.29, 1.82) is 5.26 Å². The van der Waals surface area contributed by atoms with Crippen molar-refractivity contribution >= 4 is 23.5 Å². The van der Waals surface area contributed by atoms with Crippen LogP contribution < -0.4 is 0 Å². The van der Waals surface area contributed by atoms with Gasteiger partial charge in [-0.1, -0.05) is 64.5 Å². The minimum atomic E-state index is -0.879. The topological polar surface area (TPSA) is 122 Å². The number of carboxylic acid groups (broad SMARTS) is 1. The molecule has 1 N–H and O–H groups in total. The third-order valence-corrected chi connectivity index (χ3v) is 12.3. The average molecular weight is 600 g/mol. The zero-order valence-corrected chi connectivity index (χ0v) is 26.8. The van der Waals surface area contributed by atoms with Gasteiger partial charge in [0.2, 0.25) is 0 Å². The molecule has 44 heavy (non-hydrogen) atoms. The van der Waals surface area contributed by atoms with E-state index in [9.17, 15) is 24.4 Å². The number of benzene rings is 1. The second kappa shape index (κ2) is 11.1. The summed E-state index contributed by atoms with van der Waals surface area (Å²) in [5.41, 5.74) is 0.530. The number of ketones is 2. The van der Waals surface area contributed by atoms with Crippen molar-refractivity contribution in [2.24, 2.45) is 51.2 Å². The molecule has 0 amide bonds. The Labute approximate surface area is 260 Å². The van der Waals surface area contributed by atoms with Crippen LogP contribution in [0.5, 0.6) is 0 Å². The highest BCUT2D eigenvalue weighted by molar-refractivity contribution is 6.02. The molecular formula is C37H45NO6. The highest BCUT2D eigenvalue weighted by Crippen LogP contribution is 2.69. The summed E-state index contributed by atoms with van der Waals surface area (Å²) in [4.78, 5) is 50.3. The molecule has 0 radical (unpaired) electrons. The quantitative estimate of drug-likeness (QED) is 0.364. The summed E-state index contributed by atoms with van der Waals surface area (Å²) in [7, 11) is 1.48. The average Bonchev–Trinajstić information content (AvgIpc) is 2.99. The minimum absolute atomic E-state index is 0.0119. The molecule has 7 heteroatoms. The first-order valence-electron chi connectivity index (χ1n) is 16.0. The van der Waals surface area contributed by atoms with Crippen LogP contribution in [-0.4, -0.2) is 35.7 Å². The van der Waals surface area contributed by atoms with Gasteiger partial charge in [-0.25, -0.2) is 4.79 Å². The van der Waals surface area contributed by atoms with Crippen LogP contribution >= 0.6 is 0 Å². The number of rotatable bonds is 2. The maximum Gasteiger partial charge on any atom is 0.335 e. The number of fused-ring (bicyclic) bond motifs is 7. The van der Waals surface area contributed by atoms with Crippen LogP contribution in [0, 0.1) is 62.6 Å². The number of nitriles is 1. The predicted molar refractivity (Wildman–Crippen MR) is 165 cm³/mol. The molecule has 5 aliphatic rings. The van der Waals surface area contributed by atoms with Crippen LogP contribution in [0.3, 0.4) is 0 Å². The molecular weight excluding hydrogens is 554 g/mol. The number of aromatic carboxylic acids is 1. The molecule has 1 aromatic carbocycles. The Balaban J connectivity index is 0.000000367. The zero-order chi connectivity index (χ0) is 32.2. The number of nitrogens with zero attached hydrogens (tertiary/aromatic N) is 1. The number of esters is 1. The molecule has 8 atom stereocenters. The maximum absolute atomic E-state index is 14.1. The lowest BCUT2D eigenvalue weighted by Gasteiger charge is -2.63.